The molecule has 0 fully saturated rings. The molecule has 6 heteroatoms. The summed E-state index contributed by atoms with van der Waals surface area (Å²) < 4.78 is 0. The van der Waals surface area contributed by atoms with Crippen molar-refractivity contribution < 1.29 is 0 Å². The van der Waals surface area contributed by atoms with Crippen LogP contribution in [0.3, 0.4) is 0 Å². The number of nitrogen functional groups attached to an aromatic ring is 2. The Kier molecular flexibility index (Phi) is 5.32. The summed E-state index contributed by atoms with van der Waals surface area (Å²) in [5, 5.41) is 0. The predicted molar refractivity (Wildman–Crippen MR) is 64.1 cm³/mol. The summed E-state index contributed by atoms with van der Waals surface area (Å²) in [4.78, 5) is 7.72. The van der Waals surface area contributed by atoms with Crippen LogP contribution in [0.5, 0.6) is 0 Å². The Morgan fingerprint density at radius 1 is 0.750 bits per heavy atom. The van der Waals surface area contributed by atoms with E-state index in [9.17, 15) is 0 Å². The van der Waals surface area contributed by atoms with E-state index in [1.807, 2.05) is 24.3 Å². The highest BCUT2D eigenvalue weighted by atomic mass is 15.2. The van der Waals surface area contributed by atoms with Crippen LogP contribution in [0.15, 0.2) is 48.8 Å². The van der Waals surface area contributed by atoms with Crippen LogP contribution in [0.1, 0.15) is 0 Å². The van der Waals surface area contributed by atoms with Gasteiger partial charge in [-0.1, -0.05) is 12.1 Å². The first-order chi connectivity index (χ1) is 7.86. The Hall–Kier alpha value is -2.18. The molecule has 2 heterocycles. The lowest BCUT2D eigenvalue weighted by molar-refractivity contribution is 1.23. The fraction of sp³-hybridized carbons (Fsp3) is 0. The molecular formula is C10H14N6. The minimum Gasteiger partial charge on any atom is -0.308 e. The van der Waals surface area contributed by atoms with Crippen molar-refractivity contribution in [2.24, 2.45) is 11.7 Å². The quantitative estimate of drug-likeness (QED) is 0.438. The summed E-state index contributed by atoms with van der Waals surface area (Å²) in [6.45, 7) is 0. The van der Waals surface area contributed by atoms with Crippen molar-refractivity contribution in [3.05, 3.63) is 48.8 Å². The summed E-state index contributed by atoms with van der Waals surface area (Å²) in [5.74, 6) is 11.4. The summed E-state index contributed by atoms with van der Waals surface area (Å²) in [6, 6.07) is 11.0. The molecule has 0 radical (unpaired) electrons. The van der Waals surface area contributed by atoms with Crippen LogP contribution in [0.25, 0.3) is 0 Å². The molecule has 0 atom stereocenters. The number of aromatic nitrogens is 2. The van der Waals surface area contributed by atoms with E-state index in [0.29, 0.717) is 11.6 Å². The molecule has 0 bridgehead atoms. The molecule has 0 aliphatic rings. The van der Waals surface area contributed by atoms with Gasteiger partial charge in [-0.25, -0.2) is 21.7 Å². The molecule has 0 saturated carbocycles. The maximum absolute atomic E-state index is 5.04. The highest BCUT2D eigenvalue weighted by molar-refractivity contribution is 5.31. The zero-order valence-corrected chi connectivity index (χ0v) is 8.67. The average Bonchev–Trinajstić information content (AvgIpc) is 2.41. The van der Waals surface area contributed by atoms with Crippen LogP contribution in [0, 0.1) is 0 Å². The van der Waals surface area contributed by atoms with Crippen molar-refractivity contribution in [3.8, 4) is 0 Å². The third-order valence-electron chi connectivity index (χ3n) is 1.63. The summed E-state index contributed by atoms with van der Waals surface area (Å²) in [6.07, 6.45) is 3.35. The second-order valence-electron chi connectivity index (χ2n) is 2.72. The van der Waals surface area contributed by atoms with Crippen LogP contribution in [-0.4, -0.2) is 9.97 Å². The molecule has 0 saturated heterocycles. The lowest BCUT2D eigenvalue weighted by atomic mass is 10.5. The van der Waals surface area contributed by atoms with Gasteiger partial charge in [-0.05, 0) is 24.3 Å². The van der Waals surface area contributed by atoms with Crippen molar-refractivity contribution in [2.75, 3.05) is 10.9 Å². The van der Waals surface area contributed by atoms with E-state index < -0.39 is 0 Å². The van der Waals surface area contributed by atoms with Gasteiger partial charge in [0.15, 0.2) is 0 Å². The molecule has 0 spiro atoms. The maximum atomic E-state index is 5.04. The third kappa shape index (κ3) is 4.36. The monoisotopic (exact) mass is 218 g/mol. The molecule has 0 amide bonds. The van der Waals surface area contributed by atoms with Gasteiger partial charge >= 0.3 is 0 Å². The molecule has 2 aromatic rings. The highest BCUT2D eigenvalue weighted by Crippen LogP contribution is 1.95. The number of hydrazine groups is 2. The minimum absolute atomic E-state index is 0.688. The van der Waals surface area contributed by atoms with E-state index in [4.69, 9.17) is 11.7 Å². The van der Waals surface area contributed by atoms with Gasteiger partial charge in [-0.15, -0.1) is 0 Å². The number of rotatable bonds is 2. The topological polar surface area (TPSA) is 102 Å². The van der Waals surface area contributed by atoms with Crippen LogP contribution < -0.4 is 22.5 Å². The molecule has 84 valence electrons. The summed E-state index contributed by atoms with van der Waals surface area (Å²) in [5.41, 5.74) is 4.83. The zero-order chi connectivity index (χ0) is 11.6. The van der Waals surface area contributed by atoms with Crippen LogP contribution in [0.2, 0.25) is 0 Å². The highest BCUT2D eigenvalue weighted by Gasteiger charge is 1.80. The van der Waals surface area contributed by atoms with Gasteiger partial charge in [0, 0.05) is 12.4 Å². The van der Waals surface area contributed by atoms with Gasteiger partial charge in [0.05, 0.1) is 0 Å². The number of anilines is 2. The smallest absolute Gasteiger partial charge is 0.139 e. The maximum Gasteiger partial charge on any atom is 0.139 e. The Balaban J connectivity index is 0.000000160. The number of nitrogens with zero attached hydrogens (tertiary/aromatic N) is 2. The van der Waals surface area contributed by atoms with Gasteiger partial charge in [-0.3, -0.25) is 0 Å². The first-order valence-corrected chi connectivity index (χ1v) is 4.62. The number of nitrogens with two attached hydrogens (primary N) is 2. The molecule has 2 aromatic heterocycles. The van der Waals surface area contributed by atoms with Gasteiger partial charge in [0.2, 0.25) is 0 Å². The fourth-order valence-corrected chi connectivity index (χ4v) is 0.896. The van der Waals surface area contributed by atoms with Crippen LogP contribution in [-0.2, 0) is 0 Å². The van der Waals surface area contributed by atoms with E-state index >= 15 is 0 Å². The summed E-state index contributed by atoms with van der Waals surface area (Å²) in [7, 11) is 0. The first kappa shape index (κ1) is 11.9. The number of hydrogen-bond donors (Lipinski definition) is 4. The Morgan fingerprint density at radius 3 is 1.38 bits per heavy atom. The van der Waals surface area contributed by atoms with E-state index in [0.717, 1.165) is 0 Å². The Morgan fingerprint density at radius 2 is 1.19 bits per heavy atom. The molecule has 6 N–H and O–H groups in total. The third-order valence-corrected chi connectivity index (χ3v) is 1.63. The molecule has 2 rings (SSSR count). The molecular weight excluding hydrogens is 204 g/mol. The second kappa shape index (κ2) is 7.16. The lowest BCUT2D eigenvalue weighted by Crippen LogP contribution is -2.07. The Bertz CT molecular complexity index is 338. The van der Waals surface area contributed by atoms with E-state index in [-0.39, 0.29) is 0 Å². The van der Waals surface area contributed by atoms with Crippen LogP contribution in [0.4, 0.5) is 11.6 Å². The molecule has 0 aliphatic carbocycles. The number of pyridine rings is 2. The van der Waals surface area contributed by atoms with Gasteiger partial charge in [0.1, 0.15) is 11.6 Å². The Labute approximate surface area is 93.7 Å². The van der Waals surface area contributed by atoms with Crippen molar-refractivity contribution in [1.29, 1.82) is 0 Å². The van der Waals surface area contributed by atoms with Gasteiger partial charge in [0.25, 0.3) is 0 Å². The molecule has 6 nitrogen and oxygen atoms in total. The summed E-state index contributed by atoms with van der Waals surface area (Å²) >= 11 is 0. The molecule has 0 aliphatic heterocycles. The van der Waals surface area contributed by atoms with Crippen molar-refractivity contribution in [3.63, 3.8) is 0 Å². The predicted octanol–water partition coefficient (Wildman–Crippen LogP) is 0.734. The number of hydrogen-bond acceptors (Lipinski definition) is 6. The van der Waals surface area contributed by atoms with E-state index in [2.05, 4.69) is 20.8 Å². The van der Waals surface area contributed by atoms with E-state index in [1.54, 1.807) is 24.5 Å². The van der Waals surface area contributed by atoms with Crippen molar-refractivity contribution in [1.82, 2.24) is 9.97 Å². The zero-order valence-electron chi connectivity index (χ0n) is 8.67. The minimum atomic E-state index is 0.688. The van der Waals surface area contributed by atoms with Gasteiger partial charge in [-0.2, -0.15) is 0 Å². The SMILES string of the molecule is NNc1ccccn1.NNc1ccccn1. The molecule has 0 unspecified atom stereocenters. The lowest BCUT2D eigenvalue weighted by Gasteiger charge is -1.92. The van der Waals surface area contributed by atoms with Crippen LogP contribution >= 0.6 is 0 Å². The van der Waals surface area contributed by atoms with E-state index in [1.165, 1.54) is 0 Å². The average molecular weight is 218 g/mol. The largest absolute Gasteiger partial charge is 0.308 e. The molecule has 0 aromatic carbocycles. The van der Waals surface area contributed by atoms with Crippen molar-refractivity contribution >= 4 is 11.6 Å². The first-order valence-electron chi connectivity index (χ1n) is 4.62. The second-order valence-corrected chi connectivity index (χ2v) is 2.72. The normalized spacial score (nSPS) is 8.62. The fourth-order valence-electron chi connectivity index (χ4n) is 0.896. The van der Waals surface area contributed by atoms with Crippen molar-refractivity contribution in [2.45, 2.75) is 0 Å². The molecule has 16 heavy (non-hydrogen) atoms. The van der Waals surface area contributed by atoms with Gasteiger partial charge < -0.3 is 10.9 Å². The standard InChI is InChI=1S/2C5H7N3/c2*6-8-5-3-1-2-4-7-5/h2*1-4H,6H2,(H,7,8). The number of nitrogens with one attached hydrogen (secondary N) is 2.